The zero-order chi connectivity index (χ0) is 21.5. The molecule has 4 rings (SSSR count). The number of nitrogens with one attached hydrogen (secondary N) is 1. The van der Waals surface area contributed by atoms with Gasteiger partial charge in [-0.3, -0.25) is 4.79 Å². The average molecular weight is 414 g/mol. The van der Waals surface area contributed by atoms with Crippen molar-refractivity contribution in [1.29, 1.82) is 0 Å². The van der Waals surface area contributed by atoms with E-state index < -0.39 is 5.60 Å². The highest BCUT2D eigenvalue weighted by Crippen LogP contribution is 2.32. The second kappa shape index (κ2) is 7.89. The molecule has 30 heavy (non-hydrogen) atoms. The molecule has 0 aromatic carbocycles. The van der Waals surface area contributed by atoms with Gasteiger partial charge in [0.2, 0.25) is 0 Å². The lowest BCUT2D eigenvalue weighted by Gasteiger charge is -2.37. The normalized spacial score (nSPS) is 18.3. The van der Waals surface area contributed by atoms with Crippen LogP contribution in [0.25, 0.3) is 11.2 Å². The fourth-order valence-corrected chi connectivity index (χ4v) is 4.08. The minimum atomic E-state index is -0.485. The molecule has 8 nitrogen and oxygen atoms in total. The fourth-order valence-electron chi connectivity index (χ4n) is 4.08. The minimum Gasteiger partial charge on any atom is -0.444 e. The summed E-state index contributed by atoms with van der Waals surface area (Å²) in [6.45, 7) is 6.94. The van der Waals surface area contributed by atoms with E-state index >= 15 is 0 Å². The highest BCUT2D eigenvalue weighted by Gasteiger charge is 2.31. The Hall–Kier alpha value is -2.64. The van der Waals surface area contributed by atoms with E-state index in [1.807, 2.05) is 27.8 Å². The van der Waals surface area contributed by atoms with E-state index in [2.05, 4.69) is 14.9 Å². The van der Waals surface area contributed by atoms with Gasteiger partial charge in [0.05, 0.1) is 11.8 Å². The van der Waals surface area contributed by atoms with Crippen molar-refractivity contribution in [1.82, 2.24) is 19.9 Å². The Kier molecular flexibility index (Phi) is 5.42. The van der Waals surface area contributed by atoms with Gasteiger partial charge in [0.25, 0.3) is 0 Å². The highest BCUT2D eigenvalue weighted by molar-refractivity contribution is 6.07. The van der Waals surface area contributed by atoms with Crippen molar-refractivity contribution in [2.75, 3.05) is 25.0 Å². The summed E-state index contributed by atoms with van der Waals surface area (Å²) < 4.78 is 5.48. The van der Waals surface area contributed by atoms with Crippen LogP contribution in [0.5, 0.6) is 0 Å². The van der Waals surface area contributed by atoms with E-state index in [9.17, 15) is 9.59 Å². The van der Waals surface area contributed by atoms with Crippen LogP contribution in [0.4, 0.5) is 10.6 Å². The first-order chi connectivity index (χ1) is 14.2. The predicted molar refractivity (Wildman–Crippen MR) is 115 cm³/mol. The molecule has 0 spiro atoms. The van der Waals surface area contributed by atoms with Gasteiger partial charge in [-0.05, 0) is 46.5 Å². The number of carbonyl (C=O) groups is 2. The molecule has 1 saturated carbocycles. The number of aromatic amines is 1. The summed E-state index contributed by atoms with van der Waals surface area (Å²) in [4.78, 5) is 41.3. The molecule has 3 heterocycles. The Morgan fingerprint density at radius 2 is 1.90 bits per heavy atom. The van der Waals surface area contributed by atoms with Crippen molar-refractivity contribution in [2.45, 2.75) is 64.5 Å². The van der Waals surface area contributed by atoms with Gasteiger partial charge < -0.3 is 19.5 Å². The largest absolute Gasteiger partial charge is 0.444 e. The lowest BCUT2D eigenvalue weighted by Crippen LogP contribution is -2.47. The number of fused-ring (bicyclic) bond motifs is 1. The van der Waals surface area contributed by atoms with Gasteiger partial charge in [0.15, 0.2) is 11.4 Å². The first-order valence-corrected chi connectivity index (χ1v) is 10.8. The molecule has 0 unspecified atom stereocenters. The summed E-state index contributed by atoms with van der Waals surface area (Å²) in [5.74, 6) is 1.05. The number of Topliss-reactive ketones (excluding diaryl/α,β-unsaturated/α-hetero) is 1. The number of ether oxygens (including phenoxy) is 1. The number of rotatable bonds is 4. The number of aromatic nitrogens is 3. The second-order valence-corrected chi connectivity index (χ2v) is 9.43. The lowest BCUT2D eigenvalue weighted by atomic mass is 9.80. The highest BCUT2D eigenvalue weighted by atomic mass is 16.6. The van der Waals surface area contributed by atoms with Crippen molar-refractivity contribution in [3.05, 3.63) is 18.0 Å². The quantitative estimate of drug-likeness (QED) is 0.767. The van der Waals surface area contributed by atoms with Crippen LogP contribution in [0, 0.1) is 5.92 Å². The monoisotopic (exact) mass is 413 g/mol. The third-order valence-electron chi connectivity index (χ3n) is 6.13. The zero-order valence-electron chi connectivity index (χ0n) is 18.3. The summed E-state index contributed by atoms with van der Waals surface area (Å²) in [5.41, 5.74) is 1.47. The molecule has 8 heteroatoms. The number of hydrogen-bond donors (Lipinski definition) is 1. The van der Waals surface area contributed by atoms with Crippen molar-refractivity contribution in [3.8, 4) is 0 Å². The lowest BCUT2D eigenvalue weighted by molar-refractivity contribution is 0.0205. The first kappa shape index (κ1) is 20.6. The third kappa shape index (κ3) is 4.13. The molecule has 0 atom stereocenters. The summed E-state index contributed by atoms with van der Waals surface area (Å²) in [7, 11) is 2.00. The fraction of sp³-hybridized carbons (Fsp3) is 0.636. The van der Waals surface area contributed by atoms with E-state index in [0.29, 0.717) is 29.8 Å². The molecule has 1 amide bonds. The van der Waals surface area contributed by atoms with Gasteiger partial charge in [0, 0.05) is 38.3 Å². The Labute approximate surface area is 177 Å². The maximum Gasteiger partial charge on any atom is 0.410 e. The smallest absolute Gasteiger partial charge is 0.410 e. The maximum absolute atomic E-state index is 12.7. The van der Waals surface area contributed by atoms with Crippen LogP contribution < -0.4 is 4.90 Å². The topological polar surface area (TPSA) is 91.4 Å². The van der Waals surface area contributed by atoms with E-state index in [0.717, 1.165) is 37.9 Å². The molecule has 162 valence electrons. The van der Waals surface area contributed by atoms with Gasteiger partial charge >= 0.3 is 6.09 Å². The van der Waals surface area contributed by atoms with Gasteiger partial charge in [0.1, 0.15) is 16.9 Å². The van der Waals surface area contributed by atoms with Crippen LogP contribution in [0.3, 0.4) is 0 Å². The van der Waals surface area contributed by atoms with Crippen LogP contribution in [0.1, 0.15) is 63.2 Å². The molecule has 1 aliphatic carbocycles. The van der Waals surface area contributed by atoms with Gasteiger partial charge in [-0.25, -0.2) is 14.8 Å². The van der Waals surface area contributed by atoms with Crippen molar-refractivity contribution in [3.63, 3.8) is 0 Å². The van der Waals surface area contributed by atoms with Gasteiger partial charge in [-0.15, -0.1) is 0 Å². The zero-order valence-corrected chi connectivity index (χ0v) is 18.3. The molecule has 1 aliphatic heterocycles. The molecule has 2 aromatic heterocycles. The van der Waals surface area contributed by atoms with Gasteiger partial charge in [-0.1, -0.05) is 6.42 Å². The molecule has 1 N–H and O–H groups in total. The van der Waals surface area contributed by atoms with Crippen LogP contribution in [-0.2, 0) is 4.74 Å². The number of hydrogen-bond acceptors (Lipinski definition) is 6. The number of nitrogens with zero attached hydrogens (tertiary/aromatic N) is 4. The van der Waals surface area contributed by atoms with Crippen molar-refractivity contribution in [2.24, 2.45) is 5.92 Å². The first-order valence-electron chi connectivity index (χ1n) is 10.8. The molecular weight excluding hydrogens is 382 g/mol. The second-order valence-electron chi connectivity index (χ2n) is 9.43. The van der Waals surface area contributed by atoms with Crippen LogP contribution >= 0.6 is 0 Å². The van der Waals surface area contributed by atoms with Crippen molar-refractivity contribution >= 4 is 28.9 Å². The minimum absolute atomic E-state index is 0.129. The Bertz CT molecular complexity index is 936. The third-order valence-corrected chi connectivity index (χ3v) is 6.13. The molecule has 1 saturated heterocycles. The predicted octanol–water partition coefficient (Wildman–Crippen LogP) is 3.78. The summed E-state index contributed by atoms with van der Waals surface area (Å²) in [6.07, 6.45) is 7.96. The average Bonchev–Trinajstić information content (AvgIpc) is 3.08. The maximum atomic E-state index is 12.7. The van der Waals surface area contributed by atoms with Crippen LogP contribution in [-0.4, -0.2) is 63.5 Å². The van der Waals surface area contributed by atoms with E-state index in [4.69, 9.17) is 9.72 Å². The molecule has 0 bridgehead atoms. The standard InChI is InChI=1S/C22H31N5O3/c1-22(2,3)30-21(29)27-10-8-15(9-11-27)26(4)17-13-24-20-18(25-17)16(12-23-20)19(28)14-6-5-7-14/h12-15H,5-11H2,1-4H3,(H,23,24). The Morgan fingerprint density at radius 3 is 2.50 bits per heavy atom. The summed E-state index contributed by atoms with van der Waals surface area (Å²) in [6, 6.07) is 0.250. The number of piperidine rings is 1. The summed E-state index contributed by atoms with van der Waals surface area (Å²) in [5, 5.41) is 0. The SMILES string of the molecule is CN(c1cnc2[nH]cc(C(=O)C3CCC3)c2n1)C1CCN(C(=O)OC(C)(C)C)CC1. The molecule has 2 fully saturated rings. The number of H-pyrrole nitrogens is 1. The molecule has 2 aromatic rings. The van der Waals surface area contributed by atoms with E-state index in [1.165, 1.54) is 0 Å². The van der Waals surface area contributed by atoms with Crippen LogP contribution in [0.15, 0.2) is 12.4 Å². The molecule has 2 aliphatic rings. The molecule has 0 radical (unpaired) electrons. The Morgan fingerprint density at radius 1 is 1.20 bits per heavy atom. The van der Waals surface area contributed by atoms with Crippen molar-refractivity contribution < 1.29 is 14.3 Å². The number of likely N-dealkylation sites (tertiary alicyclic amines) is 1. The number of amides is 1. The van der Waals surface area contributed by atoms with E-state index in [-0.39, 0.29) is 23.8 Å². The number of anilines is 1. The van der Waals surface area contributed by atoms with Crippen LogP contribution in [0.2, 0.25) is 0 Å². The summed E-state index contributed by atoms with van der Waals surface area (Å²) >= 11 is 0. The number of ketones is 1. The Balaban J connectivity index is 1.44. The molecular formula is C22H31N5O3. The van der Waals surface area contributed by atoms with E-state index in [1.54, 1.807) is 17.3 Å². The van der Waals surface area contributed by atoms with Gasteiger partial charge in [-0.2, -0.15) is 0 Å². The number of carbonyl (C=O) groups excluding carboxylic acids is 2.